The number of nitrogens with one attached hydrogen (secondary N) is 1. The summed E-state index contributed by atoms with van der Waals surface area (Å²) in [6.45, 7) is 0.744. The smallest absolute Gasteiger partial charge is 0.257 e. The number of carbonyl (C=O) groups is 1. The van der Waals surface area contributed by atoms with E-state index in [4.69, 9.17) is 9.47 Å². The number of fused-ring (bicyclic) bond motifs is 1. The molecule has 1 amide bonds. The minimum Gasteiger partial charge on any atom is -0.497 e. The molecule has 0 bridgehead atoms. The Kier molecular flexibility index (Phi) is 5.69. The van der Waals surface area contributed by atoms with Crippen molar-refractivity contribution in [3.05, 3.63) is 47.8 Å². The molecule has 1 aromatic heterocycles. The summed E-state index contributed by atoms with van der Waals surface area (Å²) < 4.78 is 52.2. The summed E-state index contributed by atoms with van der Waals surface area (Å²) in [4.78, 5) is 16.5. The Labute approximate surface area is 176 Å². The third-order valence-corrected chi connectivity index (χ3v) is 7.44. The minimum absolute atomic E-state index is 0.0140. The SMILES string of the molecule is COc1ccc2nc(NC(=O)c3ccc(F)c(S(=O)(=O)N4CCOCC4)c3)sc2c1. The third-order valence-electron chi connectivity index (χ3n) is 4.60. The van der Waals surface area contributed by atoms with Crippen LogP contribution in [0.3, 0.4) is 0 Å². The molecule has 0 aliphatic carbocycles. The topological polar surface area (TPSA) is 97.8 Å². The first-order valence-corrected chi connectivity index (χ1v) is 11.3. The maximum Gasteiger partial charge on any atom is 0.257 e. The van der Waals surface area contributed by atoms with E-state index >= 15 is 0 Å². The van der Waals surface area contributed by atoms with Crippen molar-refractivity contribution < 1.29 is 27.1 Å². The van der Waals surface area contributed by atoms with Gasteiger partial charge in [0, 0.05) is 18.7 Å². The van der Waals surface area contributed by atoms with Crippen molar-refractivity contribution in [1.29, 1.82) is 0 Å². The first-order valence-electron chi connectivity index (χ1n) is 9.02. The maximum atomic E-state index is 14.3. The van der Waals surface area contributed by atoms with Gasteiger partial charge >= 0.3 is 0 Å². The quantitative estimate of drug-likeness (QED) is 0.641. The van der Waals surface area contributed by atoms with Crippen LogP contribution in [0.4, 0.5) is 9.52 Å². The predicted molar refractivity (Wildman–Crippen MR) is 110 cm³/mol. The number of carbonyl (C=O) groups excluding carboxylic acids is 1. The van der Waals surface area contributed by atoms with Crippen molar-refractivity contribution in [3.63, 3.8) is 0 Å². The van der Waals surface area contributed by atoms with Crippen molar-refractivity contribution >= 4 is 42.6 Å². The third kappa shape index (κ3) is 4.01. The highest BCUT2D eigenvalue weighted by Crippen LogP contribution is 2.30. The monoisotopic (exact) mass is 451 g/mol. The number of benzene rings is 2. The van der Waals surface area contributed by atoms with Gasteiger partial charge in [-0.1, -0.05) is 11.3 Å². The summed E-state index contributed by atoms with van der Waals surface area (Å²) in [5.74, 6) is -0.829. The van der Waals surface area contributed by atoms with Crippen LogP contribution in [0.1, 0.15) is 10.4 Å². The molecule has 3 aromatic rings. The largest absolute Gasteiger partial charge is 0.497 e. The zero-order valence-corrected chi connectivity index (χ0v) is 17.6. The van der Waals surface area contributed by atoms with Crippen LogP contribution < -0.4 is 10.1 Å². The van der Waals surface area contributed by atoms with Crippen LogP contribution in [-0.4, -0.2) is 57.0 Å². The van der Waals surface area contributed by atoms with E-state index in [0.29, 0.717) is 16.4 Å². The van der Waals surface area contributed by atoms with Gasteiger partial charge in [-0.05, 0) is 36.4 Å². The van der Waals surface area contributed by atoms with Crippen LogP contribution in [0.2, 0.25) is 0 Å². The highest BCUT2D eigenvalue weighted by Gasteiger charge is 2.29. The van der Waals surface area contributed by atoms with Crippen LogP contribution in [0.25, 0.3) is 10.2 Å². The zero-order chi connectivity index (χ0) is 21.3. The highest BCUT2D eigenvalue weighted by atomic mass is 32.2. The molecule has 0 spiro atoms. The number of halogens is 1. The normalized spacial score (nSPS) is 15.3. The second-order valence-corrected chi connectivity index (χ2v) is 9.41. The molecule has 1 fully saturated rings. The van der Waals surface area contributed by atoms with Crippen molar-refractivity contribution in [3.8, 4) is 5.75 Å². The minimum atomic E-state index is -4.08. The lowest BCUT2D eigenvalue weighted by Gasteiger charge is -2.26. The van der Waals surface area contributed by atoms with Gasteiger partial charge in [0.15, 0.2) is 5.13 Å². The molecule has 2 aromatic carbocycles. The lowest BCUT2D eigenvalue weighted by Crippen LogP contribution is -2.41. The van der Waals surface area contributed by atoms with E-state index in [1.807, 2.05) is 0 Å². The molecule has 2 heterocycles. The van der Waals surface area contributed by atoms with E-state index in [1.165, 1.54) is 17.4 Å². The Morgan fingerprint density at radius 3 is 2.73 bits per heavy atom. The molecule has 4 rings (SSSR count). The number of rotatable bonds is 5. The number of anilines is 1. The second-order valence-electron chi connectivity index (χ2n) is 6.47. The molecule has 0 saturated carbocycles. The first-order chi connectivity index (χ1) is 14.4. The standard InChI is InChI=1S/C19H18FN3O5S2/c1-27-13-3-5-15-16(11-13)29-19(21-15)22-18(24)12-2-4-14(20)17(10-12)30(25,26)23-6-8-28-9-7-23/h2-5,10-11H,6-9H2,1H3,(H,21,22,24). The summed E-state index contributed by atoms with van der Waals surface area (Å²) in [6.07, 6.45) is 0. The summed E-state index contributed by atoms with van der Waals surface area (Å²) in [6, 6.07) is 8.59. The second kappa shape index (κ2) is 8.26. The van der Waals surface area contributed by atoms with Crippen LogP contribution >= 0.6 is 11.3 Å². The lowest BCUT2D eigenvalue weighted by molar-refractivity contribution is 0.0729. The number of thiazole rings is 1. The fourth-order valence-electron chi connectivity index (χ4n) is 3.02. The Morgan fingerprint density at radius 1 is 1.23 bits per heavy atom. The molecule has 0 atom stereocenters. The van der Waals surface area contributed by atoms with Gasteiger partial charge in [-0.3, -0.25) is 10.1 Å². The van der Waals surface area contributed by atoms with Gasteiger partial charge < -0.3 is 9.47 Å². The van der Waals surface area contributed by atoms with Gasteiger partial charge in [-0.15, -0.1) is 0 Å². The molecule has 1 N–H and O–H groups in total. The number of aromatic nitrogens is 1. The number of methoxy groups -OCH3 is 1. The molecule has 1 aliphatic rings. The van der Waals surface area contributed by atoms with E-state index in [0.717, 1.165) is 21.1 Å². The Bertz CT molecular complexity index is 1210. The van der Waals surface area contributed by atoms with Gasteiger partial charge in [-0.2, -0.15) is 4.31 Å². The van der Waals surface area contributed by atoms with Crippen LogP contribution in [0.15, 0.2) is 41.3 Å². The number of hydrogen-bond donors (Lipinski definition) is 1. The number of ether oxygens (including phenoxy) is 2. The maximum absolute atomic E-state index is 14.3. The van der Waals surface area contributed by atoms with Gasteiger partial charge in [0.25, 0.3) is 5.91 Å². The highest BCUT2D eigenvalue weighted by molar-refractivity contribution is 7.89. The lowest BCUT2D eigenvalue weighted by atomic mass is 10.2. The molecular formula is C19H18FN3O5S2. The first kappa shape index (κ1) is 20.7. The van der Waals surface area contributed by atoms with Crippen molar-refractivity contribution in [2.45, 2.75) is 4.90 Å². The van der Waals surface area contributed by atoms with E-state index in [-0.39, 0.29) is 31.9 Å². The fraction of sp³-hybridized carbons (Fsp3) is 0.263. The summed E-state index contributed by atoms with van der Waals surface area (Å²) in [5, 5.41) is 2.98. The average molecular weight is 452 g/mol. The van der Waals surface area contributed by atoms with Crippen LogP contribution in [-0.2, 0) is 14.8 Å². The van der Waals surface area contributed by atoms with E-state index in [1.54, 1.807) is 25.3 Å². The molecule has 11 heteroatoms. The molecule has 0 unspecified atom stereocenters. The zero-order valence-electron chi connectivity index (χ0n) is 15.9. The van der Waals surface area contributed by atoms with E-state index < -0.39 is 26.6 Å². The molecule has 1 saturated heterocycles. The number of morpholine rings is 1. The Hall–Kier alpha value is -2.60. The molecule has 30 heavy (non-hydrogen) atoms. The molecule has 0 radical (unpaired) electrons. The van der Waals surface area contributed by atoms with E-state index in [2.05, 4.69) is 10.3 Å². The van der Waals surface area contributed by atoms with Crippen LogP contribution in [0, 0.1) is 5.82 Å². The van der Waals surface area contributed by atoms with Crippen molar-refractivity contribution in [2.24, 2.45) is 0 Å². The molecule has 158 valence electrons. The van der Waals surface area contributed by atoms with E-state index in [9.17, 15) is 17.6 Å². The molecule has 8 nitrogen and oxygen atoms in total. The molecular weight excluding hydrogens is 433 g/mol. The summed E-state index contributed by atoms with van der Waals surface area (Å²) >= 11 is 1.25. The van der Waals surface area contributed by atoms with Crippen LogP contribution in [0.5, 0.6) is 5.75 Å². The fourth-order valence-corrected chi connectivity index (χ4v) is 5.41. The van der Waals surface area contributed by atoms with Gasteiger partial charge in [0.05, 0.1) is 30.5 Å². The van der Waals surface area contributed by atoms with Gasteiger partial charge in [0.2, 0.25) is 10.0 Å². The average Bonchev–Trinajstić information content (AvgIpc) is 3.15. The van der Waals surface area contributed by atoms with Crippen molar-refractivity contribution in [2.75, 3.05) is 38.7 Å². The number of amides is 1. The number of hydrogen-bond acceptors (Lipinski definition) is 7. The summed E-state index contributed by atoms with van der Waals surface area (Å²) in [5.41, 5.74) is 0.700. The van der Waals surface area contributed by atoms with Crippen molar-refractivity contribution in [1.82, 2.24) is 9.29 Å². The van der Waals surface area contributed by atoms with Gasteiger partial charge in [-0.25, -0.2) is 17.8 Å². The summed E-state index contributed by atoms with van der Waals surface area (Å²) in [7, 11) is -2.52. The van der Waals surface area contributed by atoms with Gasteiger partial charge in [0.1, 0.15) is 16.5 Å². The number of nitrogens with zero attached hydrogens (tertiary/aromatic N) is 2. The number of sulfonamides is 1. The Morgan fingerprint density at radius 2 is 2.00 bits per heavy atom. The predicted octanol–water partition coefficient (Wildman–Crippen LogP) is 2.72. The molecule has 1 aliphatic heterocycles. The Balaban J connectivity index is 1.59.